The molecule has 1 unspecified atom stereocenters. The smallest absolute Gasteiger partial charge is 0.0487 e. The van der Waals surface area contributed by atoms with Gasteiger partial charge in [0.2, 0.25) is 0 Å². The minimum atomic E-state index is -0.503. The van der Waals surface area contributed by atoms with Crippen LogP contribution in [-0.2, 0) is 0 Å². The first kappa shape index (κ1) is 11.8. The van der Waals surface area contributed by atoms with E-state index < -0.39 is 5.54 Å². The molecule has 78 valence electrons. The molecule has 0 aliphatic heterocycles. The highest BCUT2D eigenvalue weighted by atomic mass is 35.5. The first-order chi connectivity index (χ1) is 6.32. The second-order valence-electron chi connectivity index (χ2n) is 3.96. The minimum absolute atomic E-state index is 0.299. The number of rotatable bonds is 2. The summed E-state index contributed by atoms with van der Waals surface area (Å²) in [6, 6.07) is 4.94. The molecule has 0 spiro atoms. The maximum absolute atomic E-state index is 6.01. The molecule has 4 heteroatoms. The molecule has 0 radical (unpaired) electrons. The molecule has 4 N–H and O–H groups in total. The maximum atomic E-state index is 6.01. The van der Waals surface area contributed by atoms with Gasteiger partial charge < -0.3 is 11.5 Å². The topological polar surface area (TPSA) is 52.0 Å². The van der Waals surface area contributed by atoms with E-state index in [-0.39, 0.29) is 6.04 Å². The Kier molecular flexibility index (Phi) is 3.43. The van der Waals surface area contributed by atoms with Crippen molar-refractivity contribution in [3.05, 3.63) is 33.8 Å². The fraction of sp³-hybridized carbons (Fsp3) is 0.400. The van der Waals surface area contributed by atoms with Crippen molar-refractivity contribution < 1.29 is 0 Å². The molecule has 0 aliphatic rings. The molecule has 0 aromatic heterocycles. The number of halogens is 2. The van der Waals surface area contributed by atoms with Crippen molar-refractivity contribution >= 4 is 23.2 Å². The van der Waals surface area contributed by atoms with Crippen molar-refractivity contribution in [3.8, 4) is 0 Å². The molecule has 0 saturated heterocycles. The van der Waals surface area contributed by atoms with Gasteiger partial charge in [0.1, 0.15) is 0 Å². The minimum Gasteiger partial charge on any atom is -0.324 e. The Morgan fingerprint density at radius 2 is 1.86 bits per heavy atom. The summed E-state index contributed by atoms with van der Waals surface area (Å²) in [5.41, 5.74) is 12.2. The van der Waals surface area contributed by atoms with Crippen molar-refractivity contribution in [2.24, 2.45) is 11.5 Å². The Balaban J connectivity index is 3.08. The SMILES string of the molecule is CC(C)(N)C(N)c1ccc(Cl)cc1Cl. The molecule has 0 saturated carbocycles. The lowest BCUT2D eigenvalue weighted by Gasteiger charge is -2.28. The Morgan fingerprint density at radius 3 is 2.29 bits per heavy atom. The van der Waals surface area contributed by atoms with E-state index in [1.807, 2.05) is 19.9 Å². The van der Waals surface area contributed by atoms with Gasteiger partial charge in [-0.15, -0.1) is 0 Å². The van der Waals surface area contributed by atoms with E-state index in [4.69, 9.17) is 34.7 Å². The van der Waals surface area contributed by atoms with Crippen LogP contribution >= 0.6 is 23.2 Å². The Morgan fingerprint density at radius 1 is 1.29 bits per heavy atom. The highest BCUT2D eigenvalue weighted by molar-refractivity contribution is 6.35. The second-order valence-corrected chi connectivity index (χ2v) is 4.81. The molecule has 0 aliphatic carbocycles. The monoisotopic (exact) mass is 232 g/mol. The van der Waals surface area contributed by atoms with E-state index in [9.17, 15) is 0 Å². The zero-order valence-electron chi connectivity index (χ0n) is 8.22. The third-order valence-electron chi connectivity index (χ3n) is 2.10. The zero-order chi connectivity index (χ0) is 10.9. The fourth-order valence-corrected chi connectivity index (χ4v) is 1.68. The van der Waals surface area contributed by atoms with Crippen LogP contribution < -0.4 is 11.5 Å². The molecule has 0 fully saturated rings. The standard InChI is InChI=1S/C10H14Cl2N2/c1-10(2,14)9(13)7-4-3-6(11)5-8(7)12/h3-5,9H,13-14H2,1-2H3. The van der Waals surface area contributed by atoms with E-state index in [1.165, 1.54) is 0 Å². The first-order valence-electron chi connectivity index (χ1n) is 4.32. The third kappa shape index (κ3) is 2.61. The van der Waals surface area contributed by atoms with Crippen LogP contribution in [0.25, 0.3) is 0 Å². The van der Waals surface area contributed by atoms with E-state index in [0.29, 0.717) is 10.0 Å². The van der Waals surface area contributed by atoms with E-state index in [1.54, 1.807) is 12.1 Å². The molecule has 14 heavy (non-hydrogen) atoms. The molecular weight excluding hydrogens is 219 g/mol. The Labute approximate surface area is 94.2 Å². The van der Waals surface area contributed by atoms with Crippen molar-refractivity contribution in [2.45, 2.75) is 25.4 Å². The van der Waals surface area contributed by atoms with Crippen LogP contribution in [0, 0.1) is 0 Å². The molecule has 1 aromatic rings. The molecule has 1 atom stereocenters. The lowest BCUT2D eigenvalue weighted by Crippen LogP contribution is -2.43. The van der Waals surface area contributed by atoms with Crippen LogP contribution in [0.3, 0.4) is 0 Å². The van der Waals surface area contributed by atoms with Crippen molar-refractivity contribution in [1.82, 2.24) is 0 Å². The Hall–Kier alpha value is -0.280. The summed E-state index contributed by atoms with van der Waals surface area (Å²) in [4.78, 5) is 0. The predicted octanol–water partition coefficient (Wildman–Crippen LogP) is 2.73. The average Bonchev–Trinajstić information content (AvgIpc) is 2.01. The van der Waals surface area contributed by atoms with Crippen LogP contribution in [0.5, 0.6) is 0 Å². The summed E-state index contributed by atoms with van der Waals surface area (Å²) >= 11 is 11.8. The van der Waals surface area contributed by atoms with Crippen molar-refractivity contribution in [1.29, 1.82) is 0 Å². The van der Waals surface area contributed by atoms with Gasteiger partial charge in [-0.25, -0.2) is 0 Å². The summed E-state index contributed by atoms with van der Waals surface area (Å²) in [5, 5.41) is 1.16. The number of hydrogen-bond donors (Lipinski definition) is 2. The van der Waals surface area contributed by atoms with Gasteiger partial charge in [0, 0.05) is 21.6 Å². The van der Waals surface area contributed by atoms with Crippen LogP contribution in [0.4, 0.5) is 0 Å². The van der Waals surface area contributed by atoms with Gasteiger partial charge in [-0.05, 0) is 31.5 Å². The molecule has 2 nitrogen and oxygen atoms in total. The summed E-state index contributed by atoms with van der Waals surface area (Å²) < 4.78 is 0. The van der Waals surface area contributed by atoms with Crippen LogP contribution in [0.15, 0.2) is 18.2 Å². The summed E-state index contributed by atoms with van der Waals surface area (Å²) in [6.45, 7) is 3.73. The van der Waals surface area contributed by atoms with Gasteiger partial charge in [0.25, 0.3) is 0 Å². The van der Waals surface area contributed by atoms with Gasteiger partial charge in [0.05, 0.1) is 0 Å². The molecule has 0 heterocycles. The molecule has 1 aromatic carbocycles. The third-order valence-corrected chi connectivity index (χ3v) is 2.66. The van der Waals surface area contributed by atoms with Crippen LogP contribution in [0.2, 0.25) is 10.0 Å². The van der Waals surface area contributed by atoms with Crippen LogP contribution in [-0.4, -0.2) is 5.54 Å². The molecule has 1 rings (SSSR count). The Bertz CT molecular complexity index is 331. The second kappa shape index (κ2) is 4.07. The van der Waals surface area contributed by atoms with E-state index >= 15 is 0 Å². The fourth-order valence-electron chi connectivity index (χ4n) is 1.15. The first-order valence-corrected chi connectivity index (χ1v) is 5.07. The van der Waals surface area contributed by atoms with Gasteiger partial charge in [0.15, 0.2) is 0 Å². The largest absolute Gasteiger partial charge is 0.324 e. The molecular formula is C10H14Cl2N2. The summed E-state index contributed by atoms with van der Waals surface area (Å²) in [7, 11) is 0. The lowest BCUT2D eigenvalue weighted by molar-refractivity contribution is 0.420. The lowest BCUT2D eigenvalue weighted by atomic mass is 9.90. The number of hydrogen-bond acceptors (Lipinski definition) is 2. The van der Waals surface area contributed by atoms with E-state index in [2.05, 4.69) is 0 Å². The maximum Gasteiger partial charge on any atom is 0.0487 e. The predicted molar refractivity (Wildman–Crippen MR) is 61.7 cm³/mol. The van der Waals surface area contributed by atoms with Gasteiger partial charge in [-0.2, -0.15) is 0 Å². The quantitative estimate of drug-likeness (QED) is 0.825. The number of benzene rings is 1. The normalized spacial score (nSPS) is 14.1. The van der Waals surface area contributed by atoms with Gasteiger partial charge >= 0.3 is 0 Å². The molecule has 0 amide bonds. The van der Waals surface area contributed by atoms with Crippen LogP contribution in [0.1, 0.15) is 25.5 Å². The van der Waals surface area contributed by atoms with Crippen molar-refractivity contribution in [2.75, 3.05) is 0 Å². The molecule has 0 bridgehead atoms. The van der Waals surface area contributed by atoms with Gasteiger partial charge in [-0.3, -0.25) is 0 Å². The summed E-state index contributed by atoms with van der Waals surface area (Å²) in [5.74, 6) is 0. The van der Waals surface area contributed by atoms with Crippen molar-refractivity contribution in [3.63, 3.8) is 0 Å². The number of nitrogens with two attached hydrogens (primary N) is 2. The van der Waals surface area contributed by atoms with Gasteiger partial charge in [-0.1, -0.05) is 29.3 Å². The highest BCUT2D eigenvalue weighted by Gasteiger charge is 2.24. The highest BCUT2D eigenvalue weighted by Crippen LogP contribution is 2.29. The zero-order valence-corrected chi connectivity index (χ0v) is 9.73. The average molecular weight is 233 g/mol. The summed E-state index contributed by atoms with van der Waals surface area (Å²) in [6.07, 6.45) is 0. The van der Waals surface area contributed by atoms with E-state index in [0.717, 1.165) is 5.56 Å².